The number of benzene rings is 5. The molecule has 3 fully saturated rings. The number of nitrogens with one attached hydrogen (secondary N) is 1. The van der Waals surface area contributed by atoms with Gasteiger partial charge >= 0.3 is 23.9 Å². The van der Waals surface area contributed by atoms with E-state index in [2.05, 4.69) is 63.5 Å². The third kappa shape index (κ3) is 73.1. The molecule has 0 aromatic heterocycles. The van der Waals surface area contributed by atoms with E-state index in [4.69, 9.17) is 87.4 Å². The van der Waals surface area contributed by atoms with Gasteiger partial charge in [0, 0.05) is 110 Å². The number of aryl methyl sites for hydroxylation is 3. The number of methoxy groups -OCH3 is 2. The molecule has 5 aromatic carbocycles. The Bertz CT molecular complexity index is 3890. The SMILES string of the molecule is C.C1CCOC1.CO.CO.COC(=O)COCC(=O)OC.Cc1ccc(S(=O)(=O)Cl)cc1.Cl.NCc1ccccc1.O=C(O)COCC(=O)O.O=S(Cl)Cl.[2H]C([2H])(COCC([2H])([2H])OS(=O)(=O)c1ccc(C)cc1)OS(=O)(=O)c1ccc(C)cc1.[2H]C([2H])(O)COCC([2H])([2H])O.[2H]C1([2H])COCC([2H])([2H])N1.[2H]C1([2H])COCC([2H])([2H])N1Cc1ccccc1. The van der Waals surface area contributed by atoms with Crippen molar-refractivity contribution in [2.24, 2.45) is 5.73 Å². The van der Waals surface area contributed by atoms with Crippen LogP contribution in [-0.2, 0) is 122 Å². The third-order valence-electron chi connectivity index (χ3n) is 10.6. The smallest absolute Gasteiger partial charge is 0.331 e. The molecule has 0 bridgehead atoms. The van der Waals surface area contributed by atoms with Crippen molar-refractivity contribution in [3.05, 3.63) is 161 Å². The zero-order valence-electron chi connectivity index (χ0n) is 74.8. The van der Waals surface area contributed by atoms with E-state index < -0.39 is 154 Å². The number of nitrogens with two attached hydrogens (primary N) is 1. The van der Waals surface area contributed by atoms with Crippen LogP contribution in [0.5, 0.6) is 0 Å². The molecule has 5 aromatic rings. The average Bonchev–Trinajstić information content (AvgIpc) is 0.782. The minimum absolute atomic E-state index is 0. The molecular weight excluding hydrogens is 1580 g/mol. The molecule has 616 valence electrons. The minimum atomic E-state index is -4.44. The Labute approximate surface area is 675 Å². The Kier molecular flexibility index (Phi) is 58.5. The normalized spacial score (nSPS) is 17.0. The maximum atomic E-state index is 12.2. The zero-order chi connectivity index (χ0) is 94.4. The summed E-state index contributed by atoms with van der Waals surface area (Å²) < 4.78 is 246. The average molecular weight is 1700 g/mol. The highest BCUT2D eigenvalue weighted by molar-refractivity contribution is 8.26. The number of carboxylic acids is 2. The quantitative estimate of drug-likeness (QED) is 0.0172. The van der Waals surface area contributed by atoms with Crippen LogP contribution in [0.1, 0.15) is 70.0 Å². The van der Waals surface area contributed by atoms with Gasteiger partial charge in [0.1, 0.15) is 26.4 Å². The molecule has 0 spiro atoms. The number of esters is 2. The summed E-state index contributed by atoms with van der Waals surface area (Å²) in [6.45, 7) is -14.7. The van der Waals surface area contributed by atoms with Crippen molar-refractivity contribution in [3.63, 3.8) is 0 Å². The van der Waals surface area contributed by atoms with E-state index in [1.165, 1.54) is 98.2 Å². The first kappa shape index (κ1) is 82.5. The Morgan fingerprint density at radius 2 is 0.869 bits per heavy atom. The monoisotopic (exact) mass is 1700 g/mol. The van der Waals surface area contributed by atoms with Gasteiger partial charge in [0.25, 0.3) is 29.3 Å². The molecule has 3 aliphatic rings. The van der Waals surface area contributed by atoms with Gasteiger partial charge in [-0.25, -0.2) is 31.8 Å². The van der Waals surface area contributed by atoms with Crippen molar-refractivity contribution < 1.29 is 152 Å². The molecule has 0 aliphatic carbocycles. The van der Waals surface area contributed by atoms with Gasteiger partial charge in [-0.1, -0.05) is 121 Å². The summed E-state index contributed by atoms with van der Waals surface area (Å²) in [7, 11) is 4.48. The number of carbonyl (C=O) groups excluding carboxylic acids is 2. The first-order chi connectivity index (χ1) is 55.6. The minimum Gasteiger partial charge on any atom is -0.480 e. The van der Waals surface area contributed by atoms with E-state index in [0.29, 0.717) is 6.54 Å². The molecule has 3 aliphatic heterocycles. The fraction of sp³-hybridized carbons (Fsp3) is 0.500. The summed E-state index contributed by atoms with van der Waals surface area (Å²) in [4.78, 5) is 40.9. The van der Waals surface area contributed by atoms with Crippen molar-refractivity contribution in [3.8, 4) is 0 Å². The lowest BCUT2D eigenvalue weighted by Gasteiger charge is -2.26. The van der Waals surface area contributed by atoms with Crippen LogP contribution in [0.25, 0.3) is 0 Å². The number of hydrogen-bond donors (Lipinski definition) is 8. The first-order valence-corrected chi connectivity index (χ1v) is 37.7. The van der Waals surface area contributed by atoms with Gasteiger partial charge in [-0.3, -0.25) is 13.3 Å². The van der Waals surface area contributed by atoms with Crippen LogP contribution >= 0.6 is 44.5 Å². The summed E-state index contributed by atoms with van der Waals surface area (Å²) in [5.41, 5.74) is 10.0. The number of carboxylic acid groups (broad SMARTS) is 2. The molecule has 0 saturated carbocycles. The van der Waals surface area contributed by atoms with Gasteiger partial charge in [-0.2, -0.15) is 16.8 Å². The first-order valence-electron chi connectivity index (χ1n) is 37.8. The van der Waals surface area contributed by atoms with Crippen LogP contribution in [0.15, 0.2) is 148 Å². The fourth-order valence-corrected chi connectivity index (χ4v) is 8.20. The van der Waals surface area contributed by atoms with Gasteiger partial charge in [0.05, 0.1) is 119 Å². The number of aliphatic hydroxyl groups excluding tert-OH is 2. The number of ether oxygens (including phenoxy) is 9. The number of morpholine rings is 2. The highest BCUT2D eigenvalue weighted by atomic mass is 36.0. The molecule has 31 nitrogen and oxygen atoms in total. The summed E-state index contributed by atoms with van der Waals surface area (Å²) in [5.74, 6) is -3.38. The van der Waals surface area contributed by atoms with E-state index in [0.717, 1.165) is 49.7 Å². The number of carbonyl (C=O) groups is 4. The fourth-order valence-electron chi connectivity index (χ4n) is 5.89. The second-order valence-corrected chi connectivity index (χ2v) is 26.7. The predicted molar refractivity (Wildman–Crippen MR) is 410 cm³/mol. The number of hydrogen-bond acceptors (Lipinski definition) is 29. The van der Waals surface area contributed by atoms with Gasteiger partial charge in [0.15, 0.2) is 0 Å². The van der Waals surface area contributed by atoms with E-state index in [1.54, 1.807) is 26.0 Å². The molecule has 3 saturated heterocycles. The number of aliphatic carboxylic acids is 2. The van der Waals surface area contributed by atoms with Crippen LogP contribution in [0.4, 0.5) is 0 Å². The van der Waals surface area contributed by atoms with Gasteiger partial charge in [0.2, 0.25) is 9.23 Å². The van der Waals surface area contributed by atoms with Gasteiger partial charge < -0.3 is 84.3 Å². The molecule has 0 radical (unpaired) electrons. The lowest BCUT2D eigenvalue weighted by atomic mass is 10.2. The van der Waals surface area contributed by atoms with Crippen molar-refractivity contribution in [2.75, 3.05) is 173 Å². The second kappa shape index (κ2) is 75.9. The van der Waals surface area contributed by atoms with Crippen molar-refractivity contribution >= 4 is 107 Å². The van der Waals surface area contributed by atoms with E-state index >= 15 is 0 Å². The molecule has 9 N–H and O–H groups in total. The second-order valence-electron chi connectivity index (χ2n) is 18.5. The summed E-state index contributed by atoms with van der Waals surface area (Å²) in [5, 5.41) is 48.8. The summed E-state index contributed by atoms with van der Waals surface area (Å²) in [6, 6.07) is 36.8. The van der Waals surface area contributed by atoms with Crippen LogP contribution in [0.2, 0.25) is 0 Å². The molecule has 8 rings (SSSR count). The standard InChI is InChI=1S/C18H22O7S2.C11H15NO.C7H7ClO2S.C7H9N.C6H10O5.C4H9NO.C4H6O5.C4H10O3.C4H8O.2CH4O.CH4.Cl2OS.ClH/c1-15-3-7-17(8-4-15)26(19,20)24-13-11-23-12-14-25-27(21,22)18-9-5-16(2)6-10-18;1-2-4-11(5-3-1)10-12-6-8-13-9-7-12;1-6-2-4-7(5-3-6)11(8,9)10;8-6-7-4-2-1-3-5-7;1-9-5(7)3-11-4-6(8)10-2;1-3-6-4-2-5-1;5-3(6)1-9-2-4(7)8;5-1-3-7-4-2-6;1-2-4-5-3-1;2*1-2;;1-4(2)3;/h3-10H,11-14H2,1-2H3;1-5H,6-10H2;2-5H,1H3;1-5H,6,8H2;3-4H2,1-2H3;5H,1-4H2;1-2H2,(H,5,6)(H,7,8);5-6H,1-4H2;1-4H2;2*2H,1H3;1H4;;1H/i13D2,14D2;6D2,7D2;;;;1D2,2D2;;1D2,2D2;;;;;;. The molecule has 0 amide bonds. The van der Waals surface area contributed by atoms with Crippen molar-refractivity contribution in [2.45, 2.75) is 68.8 Å². The maximum Gasteiger partial charge on any atom is 0.331 e. The molecule has 39 heteroatoms. The van der Waals surface area contributed by atoms with Crippen LogP contribution in [0.3, 0.4) is 0 Å². The number of rotatable bonds is 26. The largest absolute Gasteiger partial charge is 0.480 e. The molecule has 107 heavy (non-hydrogen) atoms. The Balaban J connectivity index is -0.000000324. The third-order valence-corrected chi connectivity index (χ3v) is 14.3. The molecule has 0 unspecified atom stereocenters. The van der Waals surface area contributed by atoms with Gasteiger partial charge in [-0.15, -0.1) is 12.4 Å². The molecule has 0 atom stereocenters. The Morgan fingerprint density at radius 3 is 1.16 bits per heavy atom. The lowest BCUT2D eigenvalue weighted by Crippen LogP contribution is -2.35. The topological polar surface area (TPSA) is 452 Å². The summed E-state index contributed by atoms with van der Waals surface area (Å²) >= 11 is 0. The molecular formula is C68H109Cl4N3O28S4. The highest BCUT2D eigenvalue weighted by Gasteiger charge is 2.17. The highest BCUT2D eigenvalue weighted by Crippen LogP contribution is 2.16. The number of nitrogens with zero attached hydrogens (tertiary/aromatic N) is 1. The summed E-state index contributed by atoms with van der Waals surface area (Å²) in [6.07, 6.45) is 2.56. The van der Waals surface area contributed by atoms with Crippen LogP contribution in [0, 0.1) is 20.8 Å². The van der Waals surface area contributed by atoms with Crippen LogP contribution in [-0.4, -0.2) is 262 Å². The maximum absolute atomic E-state index is 12.2. The lowest BCUT2D eigenvalue weighted by molar-refractivity contribution is -0.152. The van der Waals surface area contributed by atoms with E-state index in [9.17, 15) is 44.4 Å². The Hall–Kier alpha value is -5.50. The van der Waals surface area contributed by atoms with Crippen LogP contribution < -0.4 is 11.1 Å². The molecule has 3 heterocycles. The zero-order valence-corrected chi connectivity index (χ0v) is 65.1. The predicted octanol–water partition coefficient (Wildman–Crippen LogP) is 6.25. The van der Waals surface area contributed by atoms with Crippen molar-refractivity contribution in [1.82, 2.24) is 10.2 Å². The van der Waals surface area contributed by atoms with E-state index in [1.807, 2.05) is 67.6 Å². The van der Waals surface area contributed by atoms with Crippen molar-refractivity contribution in [1.29, 1.82) is 0 Å². The number of halogens is 4. The van der Waals surface area contributed by atoms with Gasteiger partial charge in [-0.05, 0) is 81.1 Å². The Morgan fingerprint density at radius 1 is 0.542 bits per heavy atom. The van der Waals surface area contributed by atoms with E-state index in [-0.39, 0.29) is 80.7 Å². The number of aliphatic hydroxyl groups is 4.